The summed E-state index contributed by atoms with van der Waals surface area (Å²) in [7, 11) is 1.55. The van der Waals surface area contributed by atoms with Crippen LogP contribution in [-0.2, 0) is 14.3 Å². The van der Waals surface area contributed by atoms with E-state index in [1.54, 1.807) is 38.2 Å². The predicted molar refractivity (Wildman–Crippen MR) is 85.9 cm³/mol. The lowest BCUT2D eigenvalue weighted by Crippen LogP contribution is -2.41. The minimum Gasteiger partial charge on any atom is -0.480 e. The Hall–Kier alpha value is -2.35. The fourth-order valence-corrected chi connectivity index (χ4v) is 2.89. The van der Waals surface area contributed by atoms with E-state index >= 15 is 0 Å². The van der Waals surface area contributed by atoms with Gasteiger partial charge >= 0.3 is 11.9 Å². The summed E-state index contributed by atoms with van der Waals surface area (Å²) in [6, 6.07) is 6.37. The molecule has 0 saturated carbocycles. The molecule has 1 aromatic rings. The molecular weight excluding hydrogens is 320 g/mol. The number of carboxylic acids is 1. The van der Waals surface area contributed by atoms with Gasteiger partial charge in [-0.25, -0.2) is 9.79 Å². The molecule has 1 saturated heterocycles. The molecule has 1 atom stereocenters. The summed E-state index contributed by atoms with van der Waals surface area (Å²) in [6.07, 6.45) is -0.0582. The number of aliphatic imine (C=N–C) groups is 1. The maximum absolute atomic E-state index is 11.8. The van der Waals surface area contributed by atoms with Crippen molar-refractivity contribution >= 4 is 40.5 Å². The van der Waals surface area contributed by atoms with Crippen LogP contribution >= 0.6 is 11.8 Å². The van der Waals surface area contributed by atoms with Gasteiger partial charge in [-0.15, -0.1) is 0 Å². The van der Waals surface area contributed by atoms with Gasteiger partial charge < -0.3 is 9.84 Å². The molecule has 2 rings (SSSR count). The van der Waals surface area contributed by atoms with Gasteiger partial charge in [-0.2, -0.15) is 0 Å². The number of carbonyl (C=O) groups is 3. The molecule has 1 aromatic carbocycles. The number of amides is 1. The van der Waals surface area contributed by atoms with Crippen molar-refractivity contribution in [3.63, 3.8) is 0 Å². The first-order valence-electron chi connectivity index (χ1n) is 6.94. The average Bonchev–Trinajstić information content (AvgIpc) is 2.52. The highest BCUT2D eigenvalue weighted by Crippen LogP contribution is 2.28. The Morgan fingerprint density at radius 1 is 1.39 bits per heavy atom. The van der Waals surface area contributed by atoms with E-state index in [4.69, 9.17) is 9.84 Å². The Morgan fingerprint density at radius 2 is 2.04 bits per heavy atom. The van der Waals surface area contributed by atoms with Crippen LogP contribution in [0, 0.1) is 0 Å². The second-order valence-corrected chi connectivity index (χ2v) is 5.93. The highest BCUT2D eigenvalue weighted by Gasteiger charge is 2.33. The molecule has 1 aliphatic rings. The number of thioether (sulfide) groups is 1. The zero-order chi connectivity index (χ0) is 17.0. The Bertz CT molecular complexity index is 656. The number of amidine groups is 1. The van der Waals surface area contributed by atoms with Crippen LogP contribution in [0.15, 0.2) is 29.3 Å². The van der Waals surface area contributed by atoms with Crippen LogP contribution in [0.25, 0.3) is 0 Å². The first kappa shape index (κ1) is 17.0. The van der Waals surface area contributed by atoms with Gasteiger partial charge in [0.25, 0.3) is 0 Å². The van der Waals surface area contributed by atoms with Crippen molar-refractivity contribution in [2.75, 3.05) is 13.7 Å². The van der Waals surface area contributed by atoms with Crippen molar-refractivity contribution in [2.45, 2.75) is 18.6 Å². The quantitative estimate of drug-likeness (QED) is 0.844. The highest BCUT2D eigenvalue weighted by molar-refractivity contribution is 8.15. The highest BCUT2D eigenvalue weighted by atomic mass is 32.2. The third-order valence-corrected chi connectivity index (χ3v) is 4.38. The number of aliphatic carboxylic acids is 1. The lowest BCUT2D eigenvalue weighted by molar-refractivity contribution is -0.139. The summed E-state index contributed by atoms with van der Waals surface area (Å²) < 4.78 is 4.89. The van der Waals surface area contributed by atoms with Crippen LogP contribution in [0.1, 0.15) is 23.7 Å². The summed E-state index contributed by atoms with van der Waals surface area (Å²) in [4.78, 5) is 40.1. The molecular formula is C15H16N2O5S. The van der Waals surface area contributed by atoms with Gasteiger partial charge in [0.1, 0.15) is 5.25 Å². The summed E-state index contributed by atoms with van der Waals surface area (Å²) in [5, 5.41) is 8.56. The molecule has 0 aliphatic carbocycles. The van der Waals surface area contributed by atoms with E-state index in [9.17, 15) is 14.4 Å². The van der Waals surface area contributed by atoms with E-state index in [0.29, 0.717) is 23.0 Å². The topological polar surface area (TPSA) is 96.3 Å². The minimum atomic E-state index is -1.04. The standard InChI is InChI=1S/C15H16N2O5S/c1-3-22-14(21)9-4-6-10(7-5-9)16-15-17(2)12(18)8-11(23-15)13(19)20/h4-7,11H,3,8H2,1-2H3,(H,19,20)/t11-/m1/s1. The van der Waals surface area contributed by atoms with Crippen molar-refractivity contribution in [2.24, 2.45) is 4.99 Å². The second kappa shape index (κ2) is 7.28. The minimum absolute atomic E-state index is 0.0582. The number of carboxylic acid groups (broad SMARTS) is 1. The maximum Gasteiger partial charge on any atom is 0.338 e. The molecule has 1 heterocycles. The summed E-state index contributed by atoms with van der Waals surface area (Å²) in [6.45, 7) is 2.02. The number of carbonyl (C=O) groups excluding carboxylic acids is 2. The Balaban J connectivity index is 2.20. The largest absolute Gasteiger partial charge is 0.480 e. The van der Waals surface area contributed by atoms with Crippen LogP contribution in [0.4, 0.5) is 5.69 Å². The number of esters is 1. The van der Waals surface area contributed by atoms with Gasteiger partial charge in [-0.1, -0.05) is 11.8 Å². The lowest BCUT2D eigenvalue weighted by Gasteiger charge is -2.27. The molecule has 1 fully saturated rings. The zero-order valence-corrected chi connectivity index (χ0v) is 13.5. The van der Waals surface area contributed by atoms with E-state index in [0.717, 1.165) is 11.8 Å². The van der Waals surface area contributed by atoms with Crippen LogP contribution in [-0.4, -0.2) is 51.9 Å². The van der Waals surface area contributed by atoms with Crippen LogP contribution in [0.5, 0.6) is 0 Å². The van der Waals surface area contributed by atoms with Crippen molar-refractivity contribution in [3.8, 4) is 0 Å². The smallest absolute Gasteiger partial charge is 0.338 e. The molecule has 0 spiro atoms. The zero-order valence-electron chi connectivity index (χ0n) is 12.7. The Morgan fingerprint density at radius 3 is 2.61 bits per heavy atom. The molecule has 1 amide bonds. The molecule has 0 radical (unpaired) electrons. The van der Waals surface area contributed by atoms with Gasteiger partial charge in [0.05, 0.1) is 24.3 Å². The third kappa shape index (κ3) is 4.10. The van der Waals surface area contributed by atoms with Crippen molar-refractivity contribution in [1.29, 1.82) is 0 Å². The average molecular weight is 336 g/mol. The second-order valence-electron chi connectivity index (χ2n) is 4.76. The van der Waals surface area contributed by atoms with Gasteiger partial charge in [0, 0.05) is 7.05 Å². The first-order valence-corrected chi connectivity index (χ1v) is 7.82. The number of hydrogen-bond donors (Lipinski definition) is 1. The van der Waals surface area contributed by atoms with Crippen molar-refractivity contribution in [1.82, 2.24) is 4.90 Å². The molecule has 1 aliphatic heterocycles. The molecule has 0 bridgehead atoms. The SMILES string of the molecule is CCOC(=O)c1ccc(N=C2S[C@@H](C(=O)O)CC(=O)N2C)cc1. The normalized spacial score (nSPS) is 19.7. The van der Waals surface area contributed by atoms with Crippen molar-refractivity contribution in [3.05, 3.63) is 29.8 Å². The molecule has 7 nitrogen and oxygen atoms in total. The number of benzene rings is 1. The Labute approximate surface area is 137 Å². The predicted octanol–water partition coefficient (Wildman–Crippen LogP) is 1.90. The molecule has 0 unspecified atom stereocenters. The van der Waals surface area contributed by atoms with Crippen LogP contribution in [0.3, 0.4) is 0 Å². The lowest BCUT2D eigenvalue weighted by atomic mass is 10.2. The molecule has 0 aromatic heterocycles. The van der Waals surface area contributed by atoms with Gasteiger partial charge in [-0.3, -0.25) is 14.5 Å². The van der Waals surface area contributed by atoms with Crippen molar-refractivity contribution < 1.29 is 24.2 Å². The fourth-order valence-electron chi connectivity index (χ4n) is 1.89. The summed E-state index contributed by atoms with van der Waals surface area (Å²) >= 11 is 1.03. The monoisotopic (exact) mass is 336 g/mol. The number of hydrogen-bond acceptors (Lipinski definition) is 6. The molecule has 122 valence electrons. The number of ether oxygens (including phenoxy) is 1. The van der Waals surface area contributed by atoms with E-state index in [1.165, 1.54) is 4.90 Å². The van der Waals surface area contributed by atoms with Crippen LogP contribution < -0.4 is 0 Å². The fraction of sp³-hybridized carbons (Fsp3) is 0.333. The van der Waals surface area contributed by atoms with Crippen LogP contribution in [0.2, 0.25) is 0 Å². The van der Waals surface area contributed by atoms with E-state index in [1.807, 2.05) is 0 Å². The van der Waals surface area contributed by atoms with Gasteiger partial charge in [-0.05, 0) is 31.2 Å². The van der Waals surface area contributed by atoms with Gasteiger partial charge in [0.15, 0.2) is 5.17 Å². The Kier molecular flexibility index (Phi) is 5.38. The molecule has 23 heavy (non-hydrogen) atoms. The van der Waals surface area contributed by atoms with E-state index in [2.05, 4.69) is 4.99 Å². The molecule has 8 heteroatoms. The summed E-state index contributed by atoms with van der Waals surface area (Å²) in [5.74, 6) is -1.75. The number of rotatable bonds is 4. The molecule has 1 N–H and O–H groups in total. The van der Waals surface area contributed by atoms with Gasteiger partial charge in [0.2, 0.25) is 5.91 Å². The number of nitrogens with zero attached hydrogens (tertiary/aromatic N) is 2. The third-order valence-electron chi connectivity index (χ3n) is 3.15. The van der Waals surface area contributed by atoms with E-state index in [-0.39, 0.29) is 12.3 Å². The first-order chi connectivity index (χ1) is 10.9. The maximum atomic E-state index is 11.8. The van der Waals surface area contributed by atoms with E-state index < -0.39 is 17.2 Å². The summed E-state index contributed by atoms with van der Waals surface area (Å²) in [5.41, 5.74) is 0.922.